The Morgan fingerprint density at radius 2 is 1.73 bits per heavy atom. The van der Waals surface area contributed by atoms with Gasteiger partial charge in [0.25, 0.3) is 5.91 Å². The molecule has 3 aromatic carbocycles. The van der Waals surface area contributed by atoms with E-state index in [1.54, 1.807) is 11.7 Å². The third-order valence-corrected chi connectivity index (χ3v) is 7.40. The number of nitrogen functional groups attached to an aromatic ring is 1. The number of hydrogen-bond donors (Lipinski definition) is 2. The molecule has 37 heavy (non-hydrogen) atoms. The minimum atomic E-state index is -0.0360. The van der Waals surface area contributed by atoms with Gasteiger partial charge in [-0.05, 0) is 30.2 Å². The number of amides is 1. The molecule has 0 spiro atoms. The molecule has 184 valence electrons. The minimum Gasteiger partial charge on any atom is -0.399 e. The molecule has 6 rings (SSSR count). The Kier molecular flexibility index (Phi) is 6.34. The van der Waals surface area contributed by atoms with Gasteiger partial charge in [-0.1, -0.05) is 54.6 Å². The van der Waals surface area contributed by atoms with Gasteiger partial charge in [0.15, 0.2) is 0 Å². The van der Waals surface area contributed by atoms with Crippen LogP contribution in [0.2, 0.25) is 0 Å². The van der Waals surface area contributed by atoms with E-state index in [-0.39, 0.29) is 11.9 Å². The monoisotopic (exact) mass is 506 g/mol. The van der Waals surface area contributed by atoms with Crippen LogP contribution in [0.3, 0.4) is 0 Å². The molecule has 0 aliphatic carbocycles. The Bertz CT molecular complexity index is 1540. The Morgan fingerprint density at radius 1 is 0.973 bits per heavy atom. The van der Waals surface area contributed by atoms with Gasteiger partial charge in [-0.25, -0.2) is 9.97 Å². The molecule has 3 heterocycles. The SMILES string of the molecule is Nc1ccc2nc(-c3ccccc3)c(-c3ccc(CN4CC[C@@H](NC(=O)c5cncs5)C4)cc3)nc2c1. The van der Waals surface area contributed by atoms with Gasteiger partial charge in [0.2, 0.25) is 0 Å². The number of thiazole rings is 1. The number of nitrogens with zero attached hydrogens (tertiary/aromatic N) is 4. The zero-order valence-corrected chi connectivity index (χ0v) is 21.0. The first-order valence-electron chi connectivity index (χ1n) is 12.3. The highest BCUT2D eigenvalue weighted by atomic mass is 32.1. The Morgan fingerprint density at radius 3 is 2.49 bits per heavy atom. The average molecular weight is 507 g/mol. The molecule has 3 N–H and O–H groups in total. The summed E-state index contributed by atoms with van der Waals surface area (Å²) in [7, 11) is 0. The molecule has 1 aliphatic rings. The summed E-state index contributed by atoms with van der Waals surface area (Å²) in [5.41, 5.74) is 14.9. The quantitative estimate of drug-likeness (QED) is 0.314. The molecule has 5 aromatic rings. The van der Waals surface area contributed by atoms with Crippen molar-refractivity contribution in [2.45, 2.75) is 19.0 Å². The van der Waals surface area contributed by atoms with Gasteiger partial charge < -0.3 is 11.1 Å². The van der Waals surface area contributed by atoms with Crippen LogP contribution >= 0.6 is 11.3 Å². The highest BCUT2D eigenvalue weighted by Gasteiger charge is 2.24. The van der Waals surface area contributed by atoms with Gasteiger partial charge in [-0.2, -0.15) is 0 Å². The molecule has 7 nitrogen and oxygen atoms in total. The topological polar surface area (TPSA) is 97.0 Å². The van der Waals surface area contributed by atoms with Crippen LogP contribution in [0.1, 0.15) is 21.7 Å². The average Bonchev–Trinajstić information content (AvgIpc) is 3.62. The number of anilines is 1. The summed E-state index contributed by atoms with van der Waals surface area (Å²) in [6.45, 7) is 2.62. The van der Waals surface area contributed by atoms with Crippen LogP contribution in [0.25, 0.3) is 33.5 Å². The van der Waals surface area contributed by atoms with Crippen molar-refractivity contribution in [1.82, 2.24) is 25.2 Å². The van der Waals surface area contributed by atoms with Crippen molar-refractivity contribution in [3.8, 4) is 22.5 Å². The zero-order valence-electron chi connectivity index (χ0n) is 20.2. The molecule has 1 aliphatic heterocycles. The van der Waals surface area contributed by atoms with Crippen LogP contribution in [0.15, 0.2) is 84.5 Å². The Hall–Kier alpha value is -4.14. The number of rotatable bonds is 6. The lowest BCUT2D eigenvalue weighted by molar-refractivity contribution is 0.0941. The zero-order chi connectivity index (χ0) is 25.2. The van der Waals surface area contributed by atoms with E-state index in [0.717, 1.165) is 59.6 Å². The van der Waals surface area contributed by atoms with Gasteiger partial charge in [0, 0.05) is 42.5 Å². The lowest BCUT2D eigenvalue weighted by Crippen LogP contribution is -2.36. The summed E-state index contributed by atoms with van der Waals surface area (Å²) in [6, 6.07) is 24.5. The molecule has 0 bridgehead atoms. The van der Waals surface area contributed by atoms with Crippen molar-refractivity contribution in [2.75, 3.05) is 18.8 Å². The van der Waals surface area contributed by atoms with Crippen molar-refractivity contribution in [2.24, 2.45) is 0 Å². The fraction of sp³-hybridized carbons (Fsp3) is 0.172. The summed E-state index contributed by atoms with van der Waals surface area (Å²) < 4.78 is 0. The van der Waals surface area contributed by atoms with Crippen LogP contribution in [-0.2, 0) is 6.54 Å². The van der Waals surface area contributed by atoms with Crippen LogP contribution in [-0.4, -0.2) is 44.9 Å². The number of nitrogens with one attached hydrogen (secondary N) is 1. The second kappa shape index (κ2) is 10.1. The fourth-order valence-corrected chi connectivity index (χ4v) is 5.30. The molecule has 1 atom stereocenters. The van der Waals surface area contributed by atoms with Crippen molar-refractivity contribution < 1.29 is 4.79 Å². The molecule has 8 heteroatoms. The predicted octanol–water partition coefficient (Wildman–Crippen LogP) is 5.01. The number of hydrogen-bond acceptors (Lipinski definition) is 7. The minimum absolute atomic E-state index is 0.0360. The summed E-state index contributed by atoms with van der Waals surface area (Å²) in [5, 5.41) is 3.13. The van der Waals surface area contributed by atoms with E-state index in [2.05, 4.69) is 51.6 Å². The van der Waals surface area contributed by atoms with E-state index in [4.69, 9.17) is 15.7 Å². The molecule has 1 amide bonds. The predicted molar refractivity (Wildman–Crippen MR) is 148 cm³/mol. The van der Waals surface area contributed by atoms with Gasteiger partial charge in [0.1, 0.15) is 4.88 Å². The number of nitrogens with two attached hydrogens (primary N) is 1. The number of fused-ring (bicyclic) bond motifs is 1. The third-order valence-electron chi connectivity index (χ3n) is 6.63. The first-order valence-corrected chi connectivity index (χ1v) is 13.1. The maximum atomic E-state index is 12.4. The second-order valence-electron chi connectivity index (χ2n) is 9.29. The van der Waals surface area contributed by atoms with Crippen molar-refractivity contribution >= 4 is 34.0 Å². The largest absolute Gasteiger partial charge is 0.399 e. The lowest BCUT2D eigenvalue weighted by atomic mass is 10.0. The van der Waals surface area contributed by atoms with Crippen LogP contribution in [0.5, 0.6) is 0 Å². The summed E-state index contributed by atoms with van der Waals surface area (Å²) in [6.07, 6.45) is 2.56. The smallest absolute Gasteiger partial charge is 0.263 e. The number of carbonyl (C=O) groups excluding carboxylic acids is 1. The first kappa shape index (κ1) is 23.3. The van der Waals surface area contributed by atoms with E-state index >= 15 is 0 Å². The Labute approximate surface area is 219 Å². The molecule has 1 saturated heterocycles. The van der Waals surface area contributed by atoms with E-state index in [9.17, 15) is 4.79 Å². The summed E-state index contributed by atoms with van der Waals surface area (Å²) in [4.78, 5) is 29.3. The summed E-state index contributed by atoms with van der Waals surface area (Å²) >= 11 is 1.37. The van der Waals surface area contributed by atoms with Gasteiger partial charge in [0.05, 0.1) is 34.1 Å². The summed E-state index contributed by atoms with van der Waals surface area (Å²) in [5.74, 6) is -0.0360. The molecule has 2 aromatic heterocycles. The number of benzene rings is 3. The second-order valence-corrected chi connectivity index (χ2v) is 10.2. The standard InChI is InChI=1S/C29H26N6OS/c30-22-10-11-24-25(14-22)34-28(27(33-24)20-4-2-1-3-5-20)21-8-6-19(7-9-21)16-35-13-12-23(17-35)32-29(36)26-15-31-18-37-26/h1-11,14-15,18,23H,12-13,16-17,30H2,(H,32,36)/t23-/m1/s1. The van der Waals surface area contributed by atoms with Crippen molar-refractivity contribution in [3.05, 3.63) is 94.9 Å². The Balaban J connectivity index is 1.21. The van der Waals surface area contributed by atoms with Crippen LogP contribution in [0, 0.1) is 0 Å². The highest BCUT2D eigenvalue weighted by Crippen LogP contribution is 2.31. The van der Waals surface area contributed by atoms with Crippen molar-refractivity contribution in [1.29, 1.82) is 0 Å². The molecule has 0 radical (unpaired) electrons. The third kappa shape index (κ3) is 5.07. The highest BCUT2D eigenvalue weighted by molar-refractivity contribution is 7.11. The van der Waals surface area contributed by atoms with Crippen molar-refractivity contribution in [3.63, 3.8) is 0 Å². The molecular formula is C29H26N6OS. The molecule has 0 unspecified atom stereocenters. The molecular weight excluding hydrogens is 480 g/mol. The van der Waals surface area contributed by atoms with E-state index < -0.39 is 0 Å². The number of likely N-dealkylation sites (tertiary alicyclic amines) is 1. The lowest BCUT2D eigenvalue weighted by Gasteiger charge is -2.17. The van der Waals surface area contributed by atoms with E-state index in [0.29, 0.717) is 10.6 Å². The van der Waals surface area contributed by atoms with Crippen LogP contribution < -0.4 is 11.1 Å². The molecule has 0 saturated carbocycles. The number of carbonyl (C=O) groups is 1. The number of aromatic nitrogens is 3. The molecule has 1 fully saturated rings. The first-order chi connectivity index (χ1) is 18.1. The van der Waals surface area contributed by atoms with E-state index in [1.165, 1.54) is 16.9 Å². The fourth-order valence-electron chi connectivity index (χ4n) is 4.77. The normalized spacial score (nSPS) is 15.7. The van der Waals surface area contributed by atoms with E-state index in [1.807, 2.05) is 36.4 Å². The van der Waals surface area contributed by atoms with Gasteiger partial charge in [-0.15, -0.1) is 11.3 Å². The van der Waals surface area contributed by atoms with Gasteiger partial charge >= 0.3 is 0 Å². The maximum Gasteiger partial charge on any atom is 0.263 e. The van der Waals surface area contributed by atoms with Crippen LogP contribution in [0.4, 0.5) is 5.69 Å². The maximum absolute atomic E-state index is 12.4. The van der Waals surface area contributed by atoms with Gasteiger partial charge in [-0.3, -0.25) is 14.7 Å².